The molecule has 2 aromatic carbocycles. The molecular formula is C12H7BrCl2FNO3S. The molecule has 0 aliphatic carbocycles. The van der Waals surface area contributed by atoms with Crippen molar-refractivity contribution in [3.05, 3.63) is 50.7 Å². The number of sulfonamides is 1. The Hall–Kier alpha value is -1.02. The highest BCUT2D eigenvalue weighted by Gasteiger charge is 2.23. The first-order chi connectivity index (χ1) is 9.70. The van der Waals surface area contributed by atoms with E-state index in [2.05, 4.69) is 20.7 Å². The lowest BCUT2D eigenvalue weighted by Crippen LogP contribution is -2.14. The van der Waals surface area contributed by atoms with Gasteiger partial charge in [0.2, 0.25) is 0 Å². The van der Waals surface area contributed by atoms with E-state index < -0.39 is 21.6 Å². The highest BCUT2D eigenvalue weighted by Crippen LogP contribution is 2.34. The first-order valence-corrected chi connectivity index (χ1v) is 8.40. The van der Waals surface area contributed by atoms with Gasteiger partial charge >= 0.3 is 0 Å². The third kappa shape index (κ3) is 3.60. The molecule has 2 aromatic rings. The molecule has 0 bridgehead atoms. The van der Waals surface area contributed by atoms with Crippen molar-refractivity contribution >= 4 is 54.8 Å². The van der Waals surface area contributed by atoms with Crippen molar-refractivity contribution in [2.75, 3.05) is 4.72 Å². The summed E-state index contributed by atoms with van der Waals surface area (Å²) in [5.41, 5.74) is -0.0691. The number of benzene rings is 2. The molecule has 0 aromatic heterocycles. The fourth-order valence-corrected chi connectivity index (χ4v) is 4.55. The Labute approximate surface area is 138 Å². The van der Waals surface area contributed by atoms with Crippen LogP contribution in [-0.2, 0) is 10.0 Å². The summed E-state index contributed by atoms with van der Waals surface area (Å²) in [6.07, 6.45) is 0. The Morgan fingerprint density at radius 1 is 1.14 bits per heavy atom. The third-order valence-corrected chi connectivity index (χ3v) is 5.19. The average Bonchev–Trinajstić information content (AvgIpc) is 2.31. The van der Waals surface area contributed by atoms with Crippen LogP contribution < -0.4 is 4.72 Å². The van der Waals surface area contributed by atoms with Gasteiger partial charge in [-0.2, -0.15) is 0 Å². The summed E-state index contributed by atoms with van der Waals surface area (Å²) in [5.74, 6) is -1.54. The zero-order chi connectivity index (χ0) is 15.8. The Bertz CT molecular complexity index is 791. The molecule has 0 heterocycles. The molecule has 0 fully saturated rings. The van der Waals surface area contributed by atoms with Crippen LogP contribution in [-0.4, -0.2) is 13.5 Å². The molecule has 0 aliphatic heterocycles. The summed E-state index contributed by atoms with van der Waals surface area (Å²) in [6, 6.07) is 5.82. The lowest BCUT2D eigenvalue weighted by atomic mass is 10.3. The Morgan fingerprint density at radius 2 is 1.71 bits per heavy atom. The molecule has 4 nitrogen and oxygen atoms in total. The lowest BCUT2D eigenvalue weighted by Gasteiger charge is -2.11. The van der Waals surface area contributed by atoms with Crippen LogP contribution in [0.15, 0.2) is 39.7 Å². The van der Waals surface area contributed by atoms with E-state index in [1.54, 1.807) is 0 Å². The molecule has 0 saturated heterocycles. The summed E-state index contributed by atoms with van der Waals surface area (Å²) in [6.45, 7) is 0. The standard InChI is InChI=1S/C12H7BrCl2FNO3S/c13-6-3-8(14)12(9(15)4-6)21(19,20)17-7-1-2-11(18)10(16)5-7/h1-5,17-18H. The van der Waals surface area contributed by atoms with Crippen LogP contribution in [0.25, 0.3) is 0 Å². The maximum absolute atomic E-state index is 13.2. The number of anilines is 1. The minimum Gasteiger partial charge on any atom is -0.505 e. The average molecular weight is 415 g/mol. The molecule has 2 N–H and O–H groups in total. The van der Waals surface area contributed by atoms with Gasteiger partial charge in [-0.05, 0) is 24.3 Å². The van der Waals surface area contributed by atoms with Crippen LogP contribution in [0.3, 0.4) is 0 Å². The first kappa shape index (κ1) is 16.4. The van der Waals surface area contributed by atoms with E-state index in [0.717, 1.165) is 12.1 Å². The molecule has 9 heteroatoms. The fraction of sp³-hybridized carbons (Fsp3) is 0. The van der Waals surface area contributed by atoms with Gasteiger partial charge in [-0.25, -0.2) is 12.8 Å². The topological polar surface area (TPSA) is 66.4 Å². The number of phenolic OH excluding ortho intramolecular Hbond substituents is 1. The molecule has 0 saturated carbocycles. The molecule has 0 amide bonds. The third-order valence-electron chi connectivity index (χ3n) is 2.43. The predicted octanol–water partition coefficient (Wildman–Crippen LogP) is 4.40. The second-order valence-corrected chi connectivity index (χ2v) is 7.32. The van der Waals surface area contributed by atoms with E-state index in [0.29, 0.717) is 4.47 Å². The largest absolute Gasteiger partial charge is 0.505 e. The highest BCUT2D eigenvalue weighted by atomic mass is 79.9. The Balaban J connectivity index is 2.46. The van der Waals surface area contributed by atoms with Gasteiger partial charge in [-0.15, -0.1) is 0 Å². The van der Waals surface area contributed by atoms with Gasteiger partial charge in [0.15, 0.2) is 11.6 Å². The van der Waals surface area contributed by atoms with Gasteiger partial charge in [-0.3, -0.25) is 4.72 Å². The zero-order valence-corrected chi connectivity index (χ0v) is 14.0. The van der Waals surface area contributed by atoms with Crippen molar-refractivity contribution in [3.63, 3.8) is 0 Å². The minimum atomic E-state index is -4.10. The van der Waals surface area contributed by atoms with Gasteiger partial charge < -0.3 is 5.11 Å². The first-order valence-electron chi connectivity index (χ1n) is 5.36. The van der Waals surface area contributed by atoms with Crippen molar-refractivity contribution in [1.29, 1.82) is 0 Å². The maximum Gasteiger partial charge on any atom is 0.264 e. The number of halogens is 4. The summed E-state index contributed by atoms with van der Waals surface area (Å²) in [7, 11) is -4.10. The van der Waals surface area contributed by atoms with Crippen molar-refractivity contribution < 1.29 is 17.9 Å². The smallest absolute Gasteiger partial charge is 0.264 e. The van der Waals surface area contributed by atoms with Gasteiger partial charge in [0.25, 0.3) is 10.0 Å². The Morgan fingerprint density at radius 3 is 2.24 bits per heavy atom. The van der Waals surface area contributed by atoms with Crippen LogP contribution in [0.4, 0.5) is 10.1 Å². The van der Waals surface area contributed by atoms with E-state index in [1.165, 1.54) is 18.2 Å². The van der Waals surface area contributed by atoms with Gasteiger partial charge in [0.05, 0.1) is 15.7 Å². The van der Waals surface area contributed by atoms with Crippen LogP contribution in [0.2, 0.25) is 10.0 Å². The molecule has 0 atom stereocenters. The van der Waals surface area contributed by atoms with Crippen LogP contribution in [0, 0.1) is 5.82 Å². The molecule has 21 heavy (non-hydrogen) atoms. The molecule has 0 radical (unpaired) electrons. The molecule has 0 spiro atoms. The van der Waals surface area contributed by atoms with Crippen molar-refractivity contribution in [1.82, 2.24) is 0 Å². The van der Waals surface area contributed by atoms with E-state index in [4.69, 9.17) is 28.3 Å². The SMILES string of the molecule is O=S(=O)(Nc1ccc(O)c(F)c1)c1c(Cl)cc(Br)cc1Cl. The summed E-state index contributed by atoms with van der Waals surface area (Å²) < 4.78 is 40.4. The molecule has 0 unspecified atom stereocenters. The summed E-state index contributed by atoms with van der Waals surface area (Å²) in [4.78, 5) is -0.317. The van der Waals surface area contributed by atoms with Crippen LogP contribution in [0.5, 0.6) is 5.75 Å². The molecule has 2 rings (SSSR count). The van der Waals surface area contributed by atoms with Crippen molar-refractivity contribution in [3.8, 4) is 5.75 Å². The van der Waals surface area contributed by atoms with E-state index in [1.807, 2.05) is 0 Å². The predicted molar refractivity (Wildman–Crippen MR) is 83.0 cm³/mol. The van der Waals surface area contributed by atoms with Crippen LogP contribution >= 0.6 is 39.1 Å². The Kier molecular flexibility index (Phi) is 4.67. The molecule has 112 valence electrons. The fourth-order valence-electron chi connectivity index (χ4n) is 1.56. The van der Waals surface area contributed by atoms with Gasteiger partial charge in [0, 0.05) is 10.5 Å². The number of rotatable bonds is 3. The summed E-state index contributed by atoms with van der Waals surface area (Å²) in [5, 5.41) is 8.91. The number of hydrogen-bond acceptors (Lipinski definition) is 3. The number of nitrogens with one attached hydrogen (secondary N) is 1. The molecule has 0 aliphatic rings. The second-order valence-electron chi connectivity index (χ2n) is 3.97. The molecular weight excluding hydrogens is 408 g/mol. The highest BCUT2D eigenvalue weighted by molar-refractivity contribution is 9.10. The van der Waals surface area contributed by atoms with Gasteiger partial charge in [-0.1, -0.05) is 39.1 Å². The van der Waals surface area contributed by atoms with E-state index in [9.17, 15) is 12.8 Å². The minimum absolute atomic E-state index is 0.0691. The van der Waals surface area contributed by atoms with E-state index in [-0.39, 0.29) is 20.6 Å². The normalized spacial score (nSPS) is 11.4. The summed E-state index contributed by atoms with van der Waals surface area (Å²) >= 11 is 14.9. The number of aromatic hydroxyl groups is 1. The van der Waals surface area contributed by atoms with Crippen molar-refractivity contribution in [2.24, 2.45) is 0 Å². The number of hydrogen-bond donors (Lipinski definition) is 2. The maximum atomic E-state index is 13.2. The number of phenols is 1. The van der Waals surface area contributed by atoms with Gasteiger partial charge in [0.1, 0.15) is 4.90 Å². The van der Waals surface area contributed by atoms with E-state index >= 15 is 0 Å². The quantitative estimate of drug-likeness (QED) is 0.731. The van der Waals surface area contributed by atoms with Crippen molar-refractivity contribution in [2.45, 2.75) is 4.90 Å². The van der Waals surface area contributed by atoms with Crippen LogP contribution in [0.1, 0.15) is 0 Å². The zero-order valence-electron chi connectivity index (χ0n) is 10.1. The lowest BCUT2D eigenvalue weighted by molar-refractivity contribution is 0.432. The second kappa shape index (κ2) is 6.00. The monoisotopic (exact) mass is 413 g/mol.